The van der Waals surface area contributed by atoms with Crippen molar-refractivity contribution in [2.24, 2.45) is 5.92 Å². The molecule has 0 spiro atoms. The first kappa shape index (κ1) is 24.8. The van der Waals surface area contributed by atoms with Crippen LogP contribution in [0.25, 0.3) is 22.4 Å². The summed E-state index contributed by atoms with van der Waals surface area (Å²) in [4.78, 5) is 26.6. The Morgan fingerprint density at radius 2 is 1.87 bits per heavy atom. The molecule has 1 aliphatic heterocycles. The summed E-state index contributed by atoms with van der Waals surface area (Å²) in [5.74, 6) is 1.66. The molecular formula is C31H33N5OS. The number of rotatable bonds is 9. The second-order valence-electron chi connectivity index (χ2n) is 10.2. The Labute approximate surface area is 228 Å². The maximum atomic E-state index is 12.5. The van der Waals surface area contributed by atoms with Crippen LogP contribution in [0.5, 0.6) is 0 Å². The minimum Gasteiger partial charge on any atom is -0.369 e. The van der Waals surface area contributed by atoms with Crippen LogP contribution in [0.1, 0.15) is 47.7 Å². The Hall–Kier alpha value is -3.55. The SMILES string of the molecule is CCN1CCN(c2ccc(Nc3ncnc4c(/C=C/c5cccc(C(=O)CC6CC6)c5)csc34)cc2)CC1. The minimum atomic E-state index is 0.249. The maximum Gasteiger partial charge on any atom is 0.163 e. The highest BCUT2D eigenvalue weighted by molar-refractivity contribution is 7.18. The summed E-state index contributed by atoms with van der Waals surface area (Å²) in [5, 5.41) is 5.61. The molecule has 0 atom stereocenters. The first-order chi connectivity index (χ1) is 18.7. The van der Waals surface area contributed by atoms with Crippen molar-refractivity contribution in [3.8, 4) is 0 Å². The lowest BCUT2D eigenvalue weighted by Crippen LogP contribution is -2.46. The Balaban J connectivity index is 1.15. The van der Waals surface area contributed by atoms with Crippen molar-refractivity contribution < 1.29 is 4.79 Å². The molecule has 4 aromatic rings. The van der Waals surface area contributed by atoms with Crippen LogP contribution in [0.4, 0.5) is 17.2 Å². The summed E-state index contributed by atoms with van der Waals surface area (Å²) < 4.78 is 1.03. The summed E-state index contributed by atoms with van der Waals surface area (Å²) in [6.45, 7) is 7.73. The lowest BCUT2D eigenvalue weighted by Gasteiger charge is -2.35. The molecule has 1 N–H and O–H groups in total. The van der Waals surface area contributed by atoms with E-state index >= 15 is 0 Å². The molecule has 2 aliphatic rings. The standard InChI is InChI=1S/C31H33N5OS/c1-2-35-14-16-36(17-15-35)27-12-10-26(11-13-27)34-31-30-29(32-21-33-31)25(20-38-30)9-8-22-4-3-5-24(18-22)28(37)19-23-6-7-23/h3-5,8-13,18,20-21,23H,2,6-7,14-17,19H2,1H3,(H,32,33,34)/b9-8+. The fourth-order valence-electron chi connectivity index (χ4n) is 4.99. The highest BCUT2D eigenvalue weighted by atomic mass is 32.1. The van der Waals surface area contributed by atoms with E-state index in [9.17, 15) is 4.79 Å². The number of anilines is 3. The van der Waals surface area contributed by atoms with E-state index < -0.39 is 0 Å². The average molecular weight is 524 g/mol. The first-order valence-electron chi connectivity index (χ1n) is 13.5. The molecule has 1 saturated heterocycles. The second-order valence-corrected chi connectivity index (χ2v) is 11.1. The van der Waals surface area contributed by atoms with Crippen molar-refractivity contribution in [3.05, 3.63) is 76.9 Å². The molecule has 2 aromatic carbocycles. The van der Waals surface area contributed by atoms with E-state index in [0.717, 1.165) is 71.1 Å². The number of Topliss-reactive ketones (excluding diaryl/α,β-unsaturated/α-hetero) is 1. The van der Waals surface area contributed by atoms with Crippen LogP contribution >= 0.6 is 11.3 Å². The zero-order chi connectivity index (χ0) is 25.9. The van der Waals surface area contributed by atoms with Crippen molar-refractivity contribution in [2.75, 3.05) is 42.9 Å². The molecular weight excluding hydrogens is 490 g/mol. The highest BCUT2D eigenvalue weighted by Crippen LogP contribution is 2.34. The monoisotopic (exact) mass is 523 g/mol. The van der Waals surface area contributed by atoms with Gasteiger partial charge in [0.1, 0.15) is 6.33 Å². The number of thiophene rings is 1. The van der Waals surface area contributed by atoms with Gasteiger partial charge < -0.3 is 15.1 Å². The van der Waals surface area contributed by atoms with Crippen LogP contribution in [0, 0.1) is 5.92 Å². The normalized spacial score (nSPS) is 16.4. The van der Waals surface area contributed by atoms with Crippen LogP contribution in [0.3, 0.4) is 0 Å². The fourth-order valence-corrected chi connectivity index (χ4v) is 5.93. The number of hydrogen-bond donors (Lipinski definition) is 1. The molecule has 0 amide bonds. The van der Waals surface area contributed by atoms with Crippen LogP contribution in [-0.4, -0.2) is 53.4 Å². The molecule has 7 heteroatoms. The van der Waals surface area contributed by atoms with E-state index in [0.29, 0.717) is 12.3 Å². The topological polar surface area (TPSA) is 61.4 Å². The van der Waals surface area contributed by atoms with Gasteiger partial charge in [0.25, 0.3) is 0 Å². The quantitative estimate of drug-likeness (QED) is 0.246. The highest BCUT2D eigenvalue weighted by Gasteiger charge is 2.24. The molecule has 0 unspecified atom stereocenters. The lowest BCUT2D eigenvalue weighted by molar-refractivity contribution is 0.0976. The molecule has 6 nitrogen and oxygen atoms in total. The largest absolute Gasteiger partial charge is 0.369 e. The average Bonchev–Trinajstić information content (AvgIpc) is 3.68. The van der Waals surface area contributed by atoms with Crippen molar-refractivity contribution >= 4 is 56.7 Å². The van der Waals surface area contributed by atoms with E-state index in [1.807, 2.05) is 24.3 Å². The Morgan fingerprint density at radius 1 is 1.05 bits per heavy atom. The summed E-state index contributed by atoms with van der Waals surface area (Å²) in [6.07, 6.45) is 8.81. The first-order valence-corrected chi connectivity index (χ1v) is 14.4. The van der Waals surface area contributed by atoms with Gasteiger partial charge in [-0.25, -0.2) is 9.97 Å². The van der Waals surface area contributed by atoms with E-state index in [2.05, 4.69) is 73.8 Å². The molecule has 6 rings (SSSR count). The van der Waals surface area contributed by atoms with Crippen molar-refractivity contribution in [1.82, 2.24) is 14.9 Å². The third kappa shape index (κ3) is 5.64. The lowest BCUT2D eigenvalue weighted by atomic mass is 10.0. The third-order valence-electron chi connectivity index (χ3n) is 7.53. The molecule has 0 radical (unpaired) electrons. The van der Waals surface area contributed by atoms with Crippen LogP contribution in [-0.2, 0) is 0 Å². The number of carbonyl (C=O) groups excluding carboxylic acids is 1. The molecule has 3 heterocycles. The van der Waals surface area contributed by atoms with Gasteiger partial charge in [0.2, 0.25) is 0 Å². The van der Waals surface area contributed by atoms with Crippen LogP contribution in [0.15, 0.2) is 60.2 Å². The number of carbonyl (C=O) groups is 1. The van der Waals surface area contributed by atoms with Gasteiger partial charge >= 0.3 is 0 Å². The van der Waals surface area contributed by atoms with Gasteiger partial charge in [-0.3, -0.25) is 4.79 Å². The maximum absolute atomic E-state index is 12.5. The predicted molar refractivity (Wildman–Crippen MR) is 159 cm³/mol. The fraction of sp³-hybridized carbons (Fsp3) is 0.323. The summed E-state index contributed by atoms with van der Waals surface area (Å²) >= 11 is 1.64. The van der Waals surface area contributed by atoms with Gasteiger partial charge in [-0.15, -0.1) is 11.3 Å². The van der Waals surface area contributed by atoms with Gasteiger partial charge in [-0.1, -0.05) is 37.3 Å². The number of benzene rings is 2. The number of likely N-dealkylation sites (N-methyl/N-ethyl adjacent to an activating group) is 1. The van der Waals surface area contributed by atoms with Crippen molar-refractivity contribution in [2.45, 2.75) is 26.2 Å². The minimum absolute atomic E-state index is 0.249. The van der Waals surface area contributed by atoms with Crippen LogP contribution < -0.4 is 10.2 Å². The number of nitrogens with one attached hydrogen (secondary N) is 1. The molecule has 38 heavy (non-hydrogen) atoms. The number of nitrogens with zero attached hydrogens (tertiary/aromatic N) is 4. The van der Waals surface area contributed by atoms with Gasteiger partial charge in [0, 0.05) is 60.5 Å². The number of hydrogen-bond acceptors (Lipinski definition) is 7. The molecule has 194 valence electrons. The zero-order valence-corrected chi connectivity index (χ0v) is 22.6. The summed E-state index contributed by atoms with van der Waals surface area (Å²) in [7, 11) is 0. The zero-order valence-electron chi connectivity index (χ0n) is 21.8. The number of fused-ring (bicyclic) bond motifs is 1. The van der Waals surface area contributed by atoms with E-state index in [1.54, 1.807) is 17.7 Å². The van der Waals surface area contributed by atoms with Gasteiger partial charge in [-0.2, -0.15) is 0 Å². The number of ketones is 1. The van der Waals surface area contributed by atoms with Crippen LogP contribution in [0.2, 0.25) is 0 Å². The molecule has 2 aromatic heterocycles. The van der Waals surface area contributed by atoms with E-state index in [4.69, 9.17) is 0 Å². The predicted octanol–water partition coefficient (Wildman–Crippen LogP) is 6.73. The summed E-state index contributed by atoms with van der Waals surface area (Å²) in [5.41, 5.74) is 6.08. The Morgan fingerprint density at radius 3 is 2.63 bits per heavy atom. The van der Waals surface area contributed by atoms with Gasteiger partial charge in [0.05, 0.1) is 10.2 Å². The molecule has 1 saturated carbocycles. The van der Waals surface area contributed by atoms with Crippen molar-refractivity contribution in [3.63, 3.8) is 0 Å². The Bertz CT molecular complexity index is 1450. The number of aromatic nitrogens is 2. The summed E-state index contributed by atoms with van der Waals surface area (Å²) in [6, 6.07) is 16.5. The Kier molecular flexibility index (Phi) is 7.20. The molecule has 1 aliphatic carbocycles. The number of piperazine rings is 1. The smallest absolute Gasteiger partial charge is 0.163 e. The third-order valence-corrected chi connectivity index (χ3v) is 8.52. The molecule has 2 fully saturated rings. The van der Waals surface area contributed by atoms with Gasteiger partial charge in [-0.05, 0) is 61.2 Å². The van der Waals surface area contributed by atoms with E-state index in [-0.39, 0.29) is 5.78 Å². The van der Waals surface area contributed by atoms with Gasteiger partial charge in [0.15, 0.2) is 11.6 Å². The van der Waals surface area contributed by atoms with Crippen molar-refractivity contribution in [1.29, 1.82) is 0 Å². The van der Waals surface area contributed by atoms with E-state index in [1.165, 1.54) is 18.5 Å². The molecule has 0 bridgehead atoms. The second kappa shape index (κ2) is 11.1.